The molecule has 5 heteroatoms. The van der Waals surface area contributed by atoms with Gasteiger partial charge >= 0.3 is 5.97 Å². The second kappa shape index (κ2) is 8.04. The van der Waals surface area contributed by atoms with Crippen LogP contribution >= 0.6 is 0 Å². The monoisotopic (exact) mass is 353 g/mol. The Morgan fingerprint density at radius 3 is 2.54 bits per heavy atom. The van der Waals surface area contributed by atoms with Crippen LogP contribution < -0.4 is 10.1 Å². The molecule has 0 saturated heterocycles. The van der Waals surface area contributed by atoms with Crippen molar-refractivity contribution in [1.82, 2.24) is 0 Å². The zero-order chi connectivity index (χ0) is 18.5. The zero-order valence-electron chi connectivity index (χ0n) is 15.1. The SMILES string of the molecule is COC(=O)c1ccccc1NC(=O)[C@@H](C)Oc1ccc2c(c1)CCCC2. The average molecular weight is 353 g/mol. The molecule has 0 bridgehead atoms. The lowest BCUT2D eigenvalue weighted by atomic mass is 9.92. The van der Waals surface area contributed by atoms with Gasteiger partial charge in [-0.05, 0) is 68.0 Å². The molecule has 1 amide bonds. The highest BCUT2D eigenvalue weighted by molar-refractivity contribution is 6.02. The summed E-state index contributed by atoms with van der Waals surface area (Å²) in [5, 5.41) is 2.74. The van der Waals surface area contributed by atoms with Crippen LogP contribution in [0.15, 0.2) is 42.5 Å². The first-order valence-corrected chi connectivity index (χ1v) is 8.85. The lowest BCUT2D eigenvalue weighted by molar-refractivity contribution is -0.122. The van der Waals surface area contributed by atoms with Gasteiger partial charge in [-0.2, -0.15) is 0 Å². The van der Waals surface area contributed by atoms with Crippen LogP contribution in [0.2, 0.25) is 0 Å². The molecule has 1 N–H and O–H groups in total. The highest BCUT2D eigenvalue weighted by Crippen LogP contribution is 2.26. The van der Waals surface area contributed by atoms with Crippen LogP contribution in [0.5, 0.6) is 5.75 Å². The normalized spacial score (nSPS) is 14.1. The first-order chi connectivity index (χ1) is 12.6. The Kier molecular flexibility index (Phi) is 5.56. The first kappa shape index (κ1) is 18.0. The number of aryl methyl sites for hydroxylation is 2. The smallest absolute Gasteiger partial charge is 0.339 e. The quantitative estimate of drug-likeness (QED) is 0.832. The molecule has 0 fully saturated rings. The van der Waals surface area contributed by atoms with E-state index in [4.69, 9.17) is 9.47 Å². The Labute approximate surface area is 153 Å². The molecule has 0 saturated carbocycles. The number of benzene rings is 2. The van der Waals surface area contributed by atoms with E-state index in [1.165, 1.54) is 31.1 Å². The molecule has 0 aromatic heterocycles. The molecule has 5 nitrogen and oxygen atoms in total. The molecule has 3 rings (SSSR count). The molecule has 1 atom stereocenters. The molecule has 1 aliphatic rings. The number of para-hydroxylation sites is 1. The molecule has 136 valence electrons. The van der Waals surface area contributed by atoms with Gasteiger partial charge in [0.1, 0.15) is 5.75 Å². The van der Waals surface area contributed by atoms with Crippen molar-refractivity contribution in [3.8, 4) is 5.75 Å². The van der Waals surface area contributed by atoms with Gasteiger partial charge in [-0.15, -0.1) is 0 Å². The molecule has 0 heterocycles. The van der Waals surface area contributed by atoms with Crippen molar-refractivity contribution in [1.29, 1.82) is 0 Å². The third-order valence-electron chi connectivity index (χ3n) is 4.59. The predicted molar refractivity (Wildman–Crippen MR) is 99.6 cm³/mol. The summed E-state index contributed by atoms with van der Waals surface area (Å²) in [6.07, 6.45) is 3.89. The van der Waals surface area contributed by atoms with E-state index in [1.54, 1.807) is 31.2 Å². The summed E-state index contributed by atoms with van der Waals surface area (Å²) in [5.41, 5.74) is 3.39. The van der Waals surface area contributed by atoms with Crippen molar-refractivity contribution in [3.63, 3.8) is 0 Å². The number of hydrogen-bond donors (Lipinski definition) is 1. The fourth-order valence-corrected chi connectivity index (χ4v) is 3.16. The van der Waals surface area contributed by atoms with E-state index in [0.29, 0.717) is 17.0 Å². The summed E-state index contributed by atoms with van der Waals surface area (Å²) in [6.45, 7) is 1.69. The van der Waals surface area contributed by atoms with E-state index >= 15 is 0 Å². The Hall–Kier alpha value is -2.82. The van der Waals surface area contributed by atoms with E-state index in [1.807, 2.05) is 12.1 Å². The summed E-state index contributed by atoms with van der Waals surface area (Å²) in [6, 6.07) is 12.8. The number of methoxy groups -OCH3 is 1. The van der Waals surface area contributed by atoms with Gasteiger partial charge in [0, 0.05) is 0 Å². The number of anilines is 1. The topological polar surface area (TPSA) is 64.6 Å². The number of ether oxygens (including phenoxy) is 2. The Bertz CT molecular complexity index is 815. The number of amides is 1. The fraction of sp³-hybridized carbons (Fsp3) is 0.333. The number of esters is 1. The Morgan fingerprint density at radius 2 is 1.77 bits per heavy atom. The van der Waals surface area contributed by atoms with Crippen LogP contribution in [0.1, 0.15) is 41.3 Å². The van der Waals surface area contributed by atoms with Crippen LogP contribution in [-0.2, 0) is 22.4 Å². The van der Waals surface area contributed by atoms with E-state index in [0.717, 1.165) is 12.8 Å². The standard InChI is InChI=1S/C21H23NO4/c1-14(26-17-12-11-15-7-3-4-8-16(15)13-17)20(23)22-19-10-6-5-9-18(19)21(24)25-2/h5-6,9-14H,3-4,7-8H2,1-2H3,(H,22,23)/t14-/m1/s1. The second-order valence-electron chi connectivity index (χ2n) is 6.42. The third kappa shape index (κ3) is 4.04. The van der Waals surface area contributed by atoms with Crippen molar-refractivity contribution in [2.24, 2.45) is 0 Å². The van der Waals surface area contributed by atoms with Crippen molar-refractivity contribution in [3.05, 3.63) is 59.2 Å². The summed E-state index contributed by atoms with van der Waals surface area (Å²) >= 11 is 0. The highest BCUT2D eigenvalue weighted by Gasteiger charge is 2.19. The van der Waals surface area contributed by atoms with Crippen LogP contribution in [0.25, 0.3) is 0 Å². The minimum atomic E-state index is -0.692. The zero-order valence-corrected chi connectivity index (χ0v) is 15.1. The summed E-state index contributed by atoms with van der Waals surface area (Å²) < 4.78 is 10.6. The molecule has 2 aromatic rings. The van der Waals surface area contributed by atoms with Crippen LogP contribution in [0.4, 0.5) is 5.69 Å². The molecule has 0 spiro atoms. The van der Waals surface area contributed by atoms with Gasteiger partial charge in [0.2, 0.25) is 0 Å². The van der Waals surface area contributed by atoms with E-state index in [2.05, 4.69) is 11.4 Å². The summed E-state index contributed by atoms with van der Waals surface area (Å²) in [5.74, 6) is -0.127. The van der Waals surface area contributed by atoms with Gasteiger partial charge in [0.15, 0.2) is 6.10 Å². The van der Waals surface area contributed by atoms with Crippen molar-refractivity contribution >= 4 is 17.6 Å². The number of carbonyl (C=O) groups is 2. The van der Waals surface area contributed by atoms with E-state index in [-0.39, 0.29) is 5.91 Å². The molecule has 0 aliphatic heterocycles. The molecule has 0 radical (unpaired) electrons. The van der Waals surface area contributed by atoms with Gasteiger partial charge < -0.3 is 14.8 Å². The third-order valence-corrected chi connectivity index (χ3v) is 4.59. The maximum absolute atomic E-state index is 12.5. The van der Waals surface area contributed by atoms with Crippen LogP contribution in [0, 0.1) is 0 Å². The minimum Gasteiger partial charge on any atom is -0.481 e. The summed E-state index contributed by atoms with van der Waals surface area (Å²) in [4.78, 5) is 24.3. The number of hydrogen-bond acceptors (Lipinski definition) is 4. The van der Waals surface area contributed by atoms with Gasteiger partial charge in [-0.1, -0.05) is 18.2 Å². The molecule has 1 aliphatic carbocycles. The molecular formula is C21H23NO4. The van der Waals surface area contributed by atoms with Crippen molar-refractivity contribution < 1.29 is 19.1 Å². The predicted octanol–water partition coefficient (Wildman–Crippen LogP) is 3.76. The molecule has 0 unspecified atom stereocenters. The summed E-state index contributed by atoms with van der Waals surface area (Å²) in [7, 11) is 1.31. The van der Waals surface area contributed by atoms with E-state index in [9.17, 15) is 9.59 Å². The molecule has 2 aromatic carbocycles. The lowest BCUT2D eigenvalue weighted by Gasteiger charge is -2.19. The Morgan fingerprint density at radius 1 is 1.04 bits per heavy atom. The Balaban J connectivity index is 1.68. The largest absolute Gasteiger partial charge is 0.481 e. The number of nitrogens with one attached hydrogen (secondary N) is 1. The van der Waals surface area contributed by atoms with Crippen LogP contribution in [-0.4, -0.2) is 25.1 Å². The van der Waals surface area contributed by atoms with Gasteiger partial charge in [-0.25, -0.2) is 4.79 Å². The number of fused-ring (bicyclic) bond motifs is 1. The molecule has 26 heavy (non-hydrogen) atoms. The van der Waals surface area contributed by atoms with Crippen molar-refractivity contribution in [2.75, 3.05) is 12.4 Å². The van der Waals surface area contributed by atoms with Crippen molar-refractivity contribution in [2.45, 2.75) is 38.7 Å². The number of rotatable bonds is 5. The van der Waals surface area contributed by atoms with Gasteiger partial charge in [0.05, 0.1) is 18.4 Å². The number of carbonyl (C=O) groups excluding carboxylic acids is 2. The fourth-order valence-electron chi connectivity index (χ4n) is 3.16. The van der Waals surface area contributed by atoms with E-state index < -0.39 is 12.1 Å². The maximum Gasteiger partial charge on any atom is 0.339 e. The first-order valence-electron chi connectivity index (χ1n) is 8.85. The maximum atomic E-state index is 12.5. The average Bonchev–Trinajstić information content (AvgIpc) is 2.67. The highest BCUT2D eigenvalue weighted by atomic mass is 16.5. The second-order valence-corrected chi connectivity index (χ2v) is 6.42. The van der Waals surface area contributed by atoms with Crippen LogP contribution in [0.3, 0.4) is 0 Å². The molecular weight excluding hydrogens is 330 g/mol. The van der Waals surface area contributed by atoms with Gasteiger partial charge in [0.25, 0.3) is 5.91 Å². The minimum absolute atomic E-state index is 0.310. The van der Waals surface area contributed by atoms with Gasteiger partial charge in [-0.3, -0.25) is 4.79 Å². The lowest BCUT2D eigenvalue weighted by Crippen LogP contribution is -2.30.